The molecule has 8 aromatic rings. The highest BCUT2D eigenvalue weighted by Crippen LogP contribution is 2.51. The van der Waals surface area contributed by atoms with E-state index in [9.17, 15) is 0 Å². The zero-order chi connectivity index (χ0) is 46.3. The summed E-state index contributed by atoms with van der Waals surface area (Å²) in [5, 5.41) is 3.44. The number of fused-ring (bicyclic) bond motifs is 5. The molecule has 2 atom stereocenters. The number of aryl methyl sites for hydroxylation is 2. The maximum absolute atomic E-state index is 5.07. The van der Waals surface area contributed by atoms with Crippen molar-refractivity contribution < 1.29 is 0 Å². The Morgan fingerprint density at radius 1 is 0.418 bits per heavy atom. The van der Waals surface area contributed by atoms with Gasteiger partial charge in [0.2, 0.25) is 0 Å². The van der Waals surface area contributed by atoms with Crippen molar-refractivity contribution in [2.45, 2.75) is 169 Å². The lowest BCUT2D eigenvalue weighted by molar-refractivity contribution is 0.469. The van der Waals surface area contributed by atoms with E-state index >= 15 is 0 Å². The smallest absolute Gasteiger partial charge is 0.122 e. The highest BCUT2D eigenvalue weighted by molar-refractivity contribution is 7.31. The Bertz CT molecular complexity index is 2660. The summed E-state index contributed by atoms with van der Waals surface area (Å²) in [4.78, 5) is 11.4. The van der Waals surface area contributed by atoms with Crippen LogP contribution in [0.1, 0.15) is 154 Å². The average Bonchev–Trinajstić information content (AvgIpc) is 4.22. The summed E-state index contributed by atoms with van der Waals surface area (Å²) in [7, 11) is -2.27. The Balaban J connectivity index is 1.14. The van der Waals surface area contributed by atoms with Crippen LogP contribution >= 0.6 is 68.8 Å². The van der Waals surface area contributed by atoms with Crippen molar-refractivity contribution in [2.75, 3.05) is 0 Å². The van der Waals surface area contributed by atoms with Crippen LogP contribution in [0.3, 0.4) is 0 Å². The summed E-state index contributed by atoms with van der Waals surface area (Å²) >= 11 is 10.7. The summed E-state index contributed by atoms with van der Waals surface area (Å²) in [5.41, 5.74) is 9.22. The van der Waals surface area contributed by atoms with E-state index < -0.39 is 8.07 Å². The second kappa shape index (κ2) is 22.9. The van der Waals surface area contributed by atoms with Crippen LogP contribution in [0.25, 0.3) is 73.6 Å². The number of hydrogen-bond donors (Lipinski definition) is 0. The summed E-state index contributed by atoms with van der Waals surface area (Å²) in [5.74, 6) is 1.46. The van der Waals surface area contributed by atoms with Crippen LogP contribution in [0.4, 0.5) is 0 Å². The Morgan fingerprint density at radius 2 is 0.806 bits per heavy atom. The van der Waals surface area contributed by atoms with Gasteiger partial charge in [0.1, 0.15) is 30.1 Å². The fraction of sp³-hybridized carbons (Fsp3) is 0.500. The van der Waals surface area contributed by atoms with Gasteiger partial charge in [-0.2, -0.15) is 17.5 Å². The molecule has 0 bridgehead atoms. The van der Waals surface area contributed by atoms with Crippen LogP contribution in [0, 0.1) is 11.8 Å². The molecule has 0 saturated carbocycles. The molecule has 2 unspecified atom stereocenters. The molecule has 1 aliphatic rings. The van der Waals surface area contributed by atoms with Crippen molar-refractivity contribution >= 4 is 109 Å². The third kappa shape index (κ3) is 10.3. The Labute approximate surface area is 426 Å². The van der Waals surface area contributed by atoms with Gasteiger partial charge in [-0.05, 0) is 96.4 Å². The van der Waals surface area contributed by atoms with Gasteiger partial charge >= 0.3 is 0 Å². The molecule has 0 N–H and O–H groups in total. The fourth-order valence-corrected chi connectivity index (χ4v) is 24.7. The minimum Gasteiger partial charge on any atom is -0.172 e. The molecule has 4 nitrogen and oxygen atoms in total. The molecule has 0 saturated heterocycles. The van der Waals surface area contributed by atoms with Gasteiger partial charge in [-0.1, -0.05) is 156 Å². The molecule has 0 fully saturated rings. The van der Waals surface area contributed by atoms with E-state index in [1.165, 1.54) is 203 Å². The van der Waals surface area contributed by atoms with Crippen LogP contribution in [0.2, 0.25) is 12.1 Å². The van der Waals surface area contributed by atoms with E-state index in [2.05, 4.69) is 102 Å². The predicted octanol–water partition coefficient (Wildman–Crippen LogP) is 18.8. The van der Waals surface area contributed by atoms with Crippen molar-refractivity contribution in [1.82, 2.24) is 17.5 Å². The molecule has 11 heteroatoms. The third-order valence-electron chi connectivity index (χ3n) is 14.8. The molecule has 9 rings (SSSR count). The SMILES string of the molecule is CCCCCCc1ccc(-c2ccc(-c3cc4c(s3)-c3sc(-c5ccc(-c6ccc(CCCCCC)s6)c6nsnc56)cc3[Si]4(CC(CC)CCCC)CC(CC)CCCC)c3nsnc23)s1. The Hall–Kier alpha value is -2.90. The quantitative estimate of drug-likeness (QED) is 0.0401. The van der Waals surface area contributed by atoms with E-state index in [4.69, 9.17) is 17.5 Å². The number of benzene rings is 2. The van der Waals surface area contributed by atoms with Crippen LogP contribution < -0.4 is 10.4 Å². The van der Waals surface area contributed by atoms with E-state index in [1.54, 1.807) is 20.1 Å². The van der Waals surface area contributed by atoms with Crippen molar-refractivity contribution in [3.63, 3.8) is 0 Å². The van der Waals surface area contributed by atoms with Crippen molar-refractivity contribution in [2.24, 2.45) is 11.8 Å². The molecule has 1 aliphatic heterocycles. The van der Waals surface area contributed by atoms with Gasteiger partial charge < -0.3 is 0 Å². The maximum Gasteiger partial charge on any atom is 0.122 e. The van der Waals surface area contributed by atoms with Gasteiger partial charge in [0.25, 0.3) is 0 Å². The van der Waals surface area contributed by atoms with Gasteiger partial charge in [0.05, 0.1) is 23.5 Å². The highest BCUT2D eigenvalue weighted by atomic mass is 32.1. The van der Waals surface area contributed by atoms with Gasteiger partial charge in [-0.25, -0.2) is 0 Å². The summed E-state index contributed by atoms with van der Waals surface area (Å²) < 4.78 is 20.2. The second-order valence-corrected chi connectivity index (χ2v) is 29.0. The number of nitrogens with zero attached hydrogens (tertiary/aromatic N) is 4. The van der Waals surface area contributed by atoms with E-state index in [0.29, 0.717) is 0 Å². The first-order valence-electron chi connectivity index (χ1n) is 25.9. The van der Waals surface area contributed by atoms with Crippen LogP contribution in [-0.4, -0.2) is 25.6 Å². The maximum atomic E-state index is 5.07. The lowest BCUT2D eigenvalue weighted by Gasteiger charge is -2.35. The molecule has 0 aliphatic carbocycles. The summed E-state index contributed by atoms with van der Waals surface area (Å²) in [6.45, 7) is 14.3. The first kappa shape index (κ1) is 49.1. The number of unbranched alkanes of at least 4 members (excludes halogenated alkanes) is 8. The Morgan fingerprint density at radius 3 is 1.18 bits per heavy atom. The number of hydrogen-bond acceptors (Lipinski definition) is 10. The topological polar surface area (TPSA) is 51.6 Å². The molecule has 0 amide bonds. The highest BCUT2D eigenvalue weighted by Gasteiger charge is 2.50. The van der Waals surface area contributed by atoms with Crippen molar-refractivity contribution in [3.8, 4) is 51.5 Å². The minimum atomic E-state index is -2.27. The monoisotopic (exact) mass is 1020 g/mol. The number of aromatic nitrogens is 4. The second-order valence-electron chi connectivity index (χ2n) is 19.4. The number of thiophene rings is 4. The predicted molar refractivity (Wildman–Crippen MR) is 304 cm³/mol. The van der Waals surface area contributed by atoms with Crippen LogP contribution in [-0.2, 0) is 12.8 Å². The standard InChI is InChI=1S/C56H70N4S6Si/c1-7-13-17-19-23-39-25-31-45(61-39)41-27-29-43(53-51(41)57-65-59-53)47-33-49-55(63-47)56-50(67(49,35-37(11-5)21-15-9-3)36-38(12-6)22-16-10-4)34-48(64-56)44-30-28-42(52-54(44)60-66-58-52)46-32-26-40(62-46)24-20-18-14-8-2/h25-34,37-38H,7-24,35-36H2,1-6H3. The molecule has 6 aromatic heterocycles. The Kier molecular flexibility index (Phi) is 16.8. The molecular weight excluding hydrogens is 949 g/mol. The number of rotatable bonds is 26. The van der Waals surface area contributed by atoms with Crippen LogP contribution in [0.15, 0.2) is 60.7 Å². The van der Waals surface area contributed by atoms with Gasteiger partial charge in [-0.15, -0.1) is 45.3 Å². The molecule has 7 heterocycles. The van der Waals surface area contributed by atoms with E-state index in [1.807, 2.05) is 45.3 Å². The first-order chi connectivity index (χ1) is 32.9. The van der Waals surface area contributed by atoms with Crippen molar-refractivity contribution in [1.29, 1.82) is 0 Å². The zero-order valence-electron chi connectivity index (χ0n) is 40.8. The zero-order valence-corrected chi connectivity index (χ0v) is 46.7. The summed E-state index contributed by atoms with van der Waals surface area (Å²) in [6, 6.07) is 26.9. The molecule has 354 valence electrons. The van der Waals surface area contributed by atoms with Gasteiger partial charge in [-0.3, -0.25) is 0 Å². The molecular formula is C56H70N4S6Si. The average molecular weight is 1020 g/mol. The molecule has 67 heavy (non-hydrogen) atoms. The van der Waals surface area contributed by atoms with E-state index in [0.717, 1.165) is 33.9 Å². The van der Waals surface area contributed by atoms with Crippen LogP contribution in [0.5, 0.6) is 0 Å². The largest absolute Gasteiger partial charge is 0.172 e. The van der Waals surface area contributed by atoms with Gasteiger partial charge in [0, 0.05) is 61.3 Å². The van der Waals surface area contributed by atoms with Gasteiger partial charge in [0.15, 0.2) is 0 Å². The molecule has 0 radical (unpaired) electrons. The fourth-order valence-electron chi connectivity index (χ4n) is 10.9. The van der Waals surface area contributed by atoms with E-state index in [-0.39, 0.29) is 0 Å². The third-order valence-corrected chi connectivity index (χ3v) is 26.5. The lowest BCUT2D eigenvalue weighted by atomic mass is 10.0. The summed E-state index contributed by atoms with van der Waals surface area (Å²) in [6.07, 6.45) is 23.0. The molecule has 2 aromatic carbocycles. The molecule has 0 spiro atoms. The minimum absolute atomic E-state index is 0.730. The normalized spacial score (nSPS) is 14.1. The first-order valence-corrected chi connectivity index (χ1v) is 33.1. The van der Waals surface area contributed by atoms with Crippen molar-refractivity contribution in [3.05, 3.63) is 70.4 Å². The lowest BCUT2D eigenvalue weighted by Crippen LogP contribution is -2.56.